The van der Waals surface area contributed by atoms with E-state index >= 15 is 0 Å². The van der Waals surface area contributed by atoms with Crippen LogP contribution in [0, 0.1) is 0 Å². The first-order valence-corrected chi connectivity index (χ1v) is 2.97. The van der Waals surface area contributed by atoms with Crippen LogP contribution in [-0.2, 0) is 0 Å². The molecule has 0 heterocycles. The summed E-state index contributed by atoms with van der Waals surface area (Å²) in [5.74, 6) is 0. The van der Waals surface area contributed by atoms with Gasteiger partial charge in [-0.25, -0.2) is 0 Å². The second-order valence-electron chi connectivity index (χ2n) is 2.20. The molecule has 3 heteroatoms. The molecule has 0 radical (unpaired) electrons. The molecule has 0 aliphatic heterocycles. The summed E-state index contributed by atoms with van der Waals surface area (Å²) in [6.45, 7) is 2.15. The molecular weight excluding hydrogens is 139 g/mol. The second kappa shape index (κ2) is 9.56. The van der Waals surface area contributed by atoms with Crippen molar-refractivity contribution < 1.29 is 51.4 Å². The van der Waals surface area contributed by atoms with Gasteiger partial charge >= 0.3 is 51.4 Å². The van der Waals surface area contributed by atoms with Crippen LogP contribution < -0.4 is 51.4 Å². The zero-order chi connectivity index (χ0) is 6.41. The molecule has 0 aromatic heterocycles. The Hall–Kier alpha value is 1.56. The first-order chi connectivity index (χ1) is 3.77. The molecule has 2 nitrogen and oxygen atoms in total. The van der Waals surface area contributed by atoms with Crippen LogP contribution in [0.25, 0.3) is 5.32 Å². The Morgan fingerprint density at radius 3 is 2.22 bits per heavy atom. The van der Waals surface area contributed by atoms with Gasteiger partial charge in [-0.15, -0.1) is 6.54 Å². The normalized spacial score (nSPS) is 9.33. The number of rotatable bonds is 4. The fraction of sp³-hybridized carbons (Fsp3) is 1.00. The molecule has 9 heavy (non-hydrogen) atoms. The molecule has 0 N–H and O–H groups in total. The summed E-state index contributed by atoms with van der Waals surface area (Å²) in [5.41, 5.74) is 0. The topological polar surface area (TPSA) is 17.3 Å². The van der Waals surface area contributed by atoms with Crippen LogP contribution in [0.3, 0.4) is 0 Å². The van der Waals surface area contributed by atoms with Crippen LogP contribution in [0.1, 0.15) is 6.42 Å². The van der Waals surface area contributed by atoms with Gasteiger partial charge in [0.2, 0.25) is 0 Å². The predicted molar refractivity (Wildman–Crippen MR) is 37.3 cm³/mol. The van der Waals surface area contributed by atoms with Gasteiger partial charge in [0.25, 0.3) is 0 Å². The summed E-state index contributed by atoms with van der Waals surface area (Å²) in [7, 11) is 6.01. The maximum atomic E-state index is 3.98. The quantitative estimate of drug-likeness (QED) is 0.336. The van der Waals surface area contributed by atoms with E-state index in [-0.39, 0.29) is 51.4 Å². The molecule has 0 spiro atoms. The smallest absolute Gasteiger partial charge is 0.665 e. The standard InChI is InChI=1S/C6H15N2.K/c1-7-5-4-6-8(2)3;/h4-6H2,1-3H3;/q-1;+1. The van der Waals surface area contributed by atoms with Gasteiger partial charge in [0, 0.05) is 0 Å². The molecule has 0 fully saturated rings. The van der Waals surface area contributed by atoms with Gasteiger partial charge in [-0.05, 0) is 20.6 Å². The summed E-state index contributed by atoms with van der Waals surface area (Å²) < 4.78 is 0. The Kier molecular flexibility index (Phi) is 14.0. The van der Waals surface area contributed by atoms with Crippen molar-refractivity contribution in [1.82, 2.24) is 4.90 Å². The maximum absolute atomic E-state index is 3.98. The van der Waals surface area contributed by atoms with E-state index in [0.717, 1.165) is 13.1 Å². The van der Waals surface area contributed by atoms with Crippen molar-refractivity contribution >= 4 is 0 Å². The Labute approximate surface area is 101 Å². The fourth-order valence-corrected chi connectivity index (χ4v) is 0.545. The third-order valence-corrected chi connectivity index (χ3v) is 0.987. The average Bonchev–Trinajstić information content (AvgIpc) is 1.66. The summed E-state index contributed by atoms with van der Waals surface area (Å²) in [6, 6.07) is 0. The van der Waals surface area contributed by atoms with Crippen LogP contribution in [-0.4, -0.2) is 39.1 Å². The second-order valence-corrected chi connectivity index (χ2v) is 2.20. The van der Waals surface area contributed by atoms with Crippen molar-refractivity contribution in [2.45, 2.75) is 6.42 Å². The zero-order valence-corrected chi connectivity index (χ0v) is 10.1. The Bertz CT molecular complexity index is 48.3. The van der Waals surface area contributed by atoms with Crippen molar-refractivity contribution in [2.75, 3.05) is 34.2 Å². The van der Waals surface area contributed by atoms with Gasteiger partial charge in [0.1, 0.15) is 0 Å². The monoisotopic (exact) mass is 154 g/mol. The van der Waals surface area contributed by atoms with Gasteiger partial charge < -0.3 is 10.2 Å². The van der Waals surface area contributed by atoms with E-state index in [0.29, 0.717) is 0 Å². The van der Waals surface area contributed by atoms with Crippen molar-refractivity contribution in [3.63, 3.8) is 0 Å². The van der Waals surface area contributed by atoms with E-state index in [2.05, 4.69) is 24.3 Å². The first kappa shape index (κ1) is 13.2. The Morgan fingerprint density at radius 1 is 1.33 bits per heavy atom. The molecule has 0 aromatic carbocycles. The largest absolute Gasteiger partial charge is 1.00 e. The number of nitrogens with zero attached hydrogens (tertiary/aromatic N) is 2. The summed E-state index contributed by atoms with van der Waals surface area (Å²) >= 11 is 0. The molecule has 0 saturated heterocycles. The van der Waals surface area contributed by atoms with Crippen molar-refractivity contribution in [1.29, 1.82) is 0 Å². The van der Waals surface area contributed by atoms with Gasteiger partial charge in [0.05, 0.1) is 0 Å². The van der Waals surface area contributed by atoms with Crippen molar-refractivity contribution in [3.8, 4) is 0 Å². The van der Waals surface area contributed by atoms with Crippen molar-refractivity contribution in [3.05, 3.63) is 5.32 Å². The van der Waals surface area contributed by atoms with E-state index in [4.69, 9.17) is 0 Å². The van der Waals surface area contributed by atoms with E-state index in [9.17, 15) is 0 Å². The summed E-state index contributed by atoms with van der Waals surface area (Å²) in [6.07, 6.45) is 1.18. The molecule has 0 amide bonds. The molecular formula is C6H15KN2. The van der Waals surface area contributed by atoms with Crippen molar-refractivity contribution in [2.24, 2.45) is 0 Å². The minimum absolute atomic E-state index is 0. The molecule has 0 bridgehead atoms. The van der Waals surface area contributed by atoms with Gasteiger partial charge in [-0.3, -0.25) is 0 Å². The molecule has 0 unspecified atom stereocenters. The Balaban J connectivity index is 0. The molecule has 0 aliphatic rings. The molecule has 0 saturated carbocycles. The van der Waals surface area contributed by atoms with Crippen LogP contribution in [0.5, 0.6) is 0 Å². The van der Waals surface area contributed by atoms with Gasteiger partial charge in [-0.1, -0.05) is 6.42 Å². The average molecular weight is 154 g/mol. The van der Waals surface area contributed by atoms with E-state index in [1.165, 1.54) is 6.42 Å². The molecule has 0 atom stereocenters. The minimum Gasteiger partial charge on any atom is -0.665 e. The Morgan fingerprint density at radius 2 is 1.89 bits per heavy atom. The number of hydrogen-bond donors (Lipinski definition) is 0. The SMILES string of the molecule is C[N-]CCCN(C)C.[K+]. The molecule has 0 aliphatic carbocycles. The summed E-state index contributed by atoms with van der Waals surface area (Å²) in [4.78, 5) is 2.17. The molecule has 50 valence electrons. The van der Waals surface area contributed by atoms with Crippen LogP contribution >= 0.6 is 0 Å². The fourth-order valence-electron chi connectivity index (χ4n) is 0.545. The van der Waals surface area contributed by atoms with Crippen LogP contribution in [0.2, 0.25) is 0 Å². The van der Waals surface area contributed by atoms with E-state index < -0.39 is 0 Å². The van der Waals surface area contributed by atoms with Crippen LogP contribution in [0.15, 0.2) is 0 Å². The van der Waals surface area contributed by atoms with E-state index in [1.54, 1.807) is 0 Å². The predicted octanol–water partition coefficient (Wildman–Crippen LogP) is -2.05. The zero-order valence-electron chi connectivity index (χ0n) is 7.02. The maximum Gasteiger partial charge on any atom is 1.00 e. The minimum atomic E-state index is 0. The van der Waals surface area contributed by atoms with Crippen LogP contribution in [0.4, 0.5) is 0 Å². The van der Waals surface area contributed by atoms with Gasteiger partial charge in [-0.2, -0.15) is 7.05 Å². The third kappa shape index (κ3) is 12.7. The van der Waals surface area contributed by atoms with Gasteiger partial charge in [0.15, 0.2) is 0 Å². The first-order valence-electron chi connectivity index (χ1n) is 2.97. The number of hydrogen-bond acceptors (Lipinski definition) is 1. The third-order valence-electron chi connectivity index (χ3n) is 0.987. The van der Waals surface area contributed by atoms with E-state index in [1.807, 2.05) is 7.05 Å². The summed E-state index contributed by atoms with van der Waals surface area (Å²) in [5, 5.41) is 3.98. The molecule has 0 rings (SSSR count). The molecule has 0 aromatic rings.